The van der Waals surface area contributed by atoms with E-state index in [1.54, 1.807) is 29.8 Å². The summed E-state index contributed by atoms with van der Waals surface area (Å²) in [7, 11) is 0. The lowest BCUT2D eigenvalue weighted by atomic mass is 10.3. The second-order valence-electron chi connectivity index (χ2n) is 5.02. The highest BCUT2D eigenvalue weighted by Gasteiger charge is 2.11. The molecular formula is C15H16Cl2F2N4OS. The predicted molar refractivity (Wildman–Crippen MR) is 98.9 cm³/mol. The van der Waals surface area contributed by atoms with Crippen LogP contribution in [0, 0.1) is 6.92 Å². The summed E-state index contributed by atoms with van der Waals surface area (Å²) in [5.74, 6) is 0.0232. The van der Waals surface area contributed by atoms with Crippen molar-refractivity contribution in [2.45, 2.75) is 26.5 Å². The maximum absolute atomic E-state index is 12.4. The molecule has 0 aliphatic carbocycles. The lowest BCUT2D eigenvalue weighted by molar-refractivity contribution is -0.0493. The summed E-state index contributed by atoms with van der Waals surface area (Å²) in [6.07, 6.45) is 0.689. The summed E-state index contributed by atoms with van der Waals surface area (Å²) >= 11 is 17.2. The molecule has 0 radical (unpaired) electrons. The molecule has 1 aromatic carbocycles. The van der Waals surface area contributed by atoms with Crippen molar-refractivity contribution in [2.75, 3.05) is 11.9 Å². The van der Waals surface area contributed by atoms with Crippen LogP contribution in [0.25, 0.3) is 0 Å². The van der Waals surface area contributed by atoms with Crippen LogP contribution >= 0.6 is 35.4 Å². The normalized spacial score (nSPS) is 10.8. The summed E-state index contributed by atoms with van der Waals surface area (Å²) < 4.78 is 30.8. The standard InChI is InChI=1S/C15H16Cl2F2N4OS/c1-9-12(16)13(17)23(22-9)8-4-7-20-15(25)21-10-5-2-3-6-11(10)24-14(18)19/h2-3,5-6,14H,4,7-8H2,1H3,(H2,20,21,25). The number of aryl methyl sites for hydroxylation is 2. The summed E-state index contributed by atoms with van der Waals surface area (Å²) in [5, 5.41) is 11.2. The molecule has 136 valence electrons. The minimum absolute atomic E-state index is 0.0232. The molecule has 0 bridgehead atoms. The number of hydrogen-bond donors (Lipinski definition) is 2. The molecule has 1 heterocycles. The molecule has 0 saturated heterocycles. The van der Waals surface area contributed by atoms with E-state index in [1.165, 1.54) is 6.07 Å². The third kappa shape index (κ3) is 5.69. The predicted octanol–water partition coefficient (Wildman–Crippen LogP) is 4.48. The minimum Gasteiger partial charge on any atom is -0.433 e. The van der Waals surface area contributed by atoms with Gasteiger partial charge in [-0.05, 0) is 37.7 Å². The van der Waals surface area contributed by atoms with Crippen molar-refractivity contribution in [3.8, 4) is 5.75 Å². The molecule has 5 nitrogen and oxygen atoms in total. The number of nitrogens with one attached hydrogen (secondary N) is 2. The second-order valence-corrected chi connectivity index (χ2v) is 6.17. The Labute approximate surface area is 159 Å². The van der Waals surface area contributed by atoms with Crippen LogP contribution in [0.1, 0.15) is 12.1 Å². The van der Waals surface area contributed by atoms with Crippen LogP contribution in [0.15, 0.2) is 24.3 Å². The first-order valence-corrected chi connectivity index (χ1v) is 8.52. The highest BCUT2D eigenvalue weighted by molar-refractivity contribution is 7.80. The molecule has 0 aliphatic heterocycles. The van der Waals surface area contributed by atoms with Gasteiger partial charge in [-0.25, -0.2) is 0 Å². The van der Waals surface area contributed by atoms with Crippen LogP contribution in [0.5, 0.6) is 5.75 Å². The Kier molecular flexibility index (Phi) is 7.22. The zero-order valence-electron chi connectivity index (χ0n) is 13.2. The van der Waals surface area contributed by atoms with E-state index < -0.39 is 6.61 Å². The minimum atomic E-state index is -2.90. The molecule has 0 aliphatic rings. The van der Waals surface area contributed by atoms with Gasteiger partial charge in [-0.15, -0.1) is 0 Å². The number of benzene rings is 1. The van der Waals surface area contributed by atoms with Gasteiger partial charge in [0.15, 0.2) is 5.11 Å². The molecule has 2 N–H and O–H groups in total. The van der Waals surface area contributed by atoms with Gasteiger partial charge >= 0.3 is 6.61 Å². The molecule has 0 saturated carbocycles. The Balaban J connectivity index is 1.80. The molecule has 2 rings (SSSR count). The topological polar surface area (TPSA) is 51.1 Å². The molecule has 2 aromatic rings. The van der Waals surface area contributed by atoms with Crippen molar-refractivity contribution in [1.82, 2.24) is 15.1 Å². The average Bonchev–Trinajstić information content (AvgIpc) is 2.80. The molecule has 1 aromatic heterocycles. The van der Waals surface area contributed by atoms with Crippen molar-refractivity contribution in [3.05, 3.63) is 40.1 Å². The van der Waals surface area contributed by atoms with E-state index in [0.29, 0.717) is 46.2 Å². The van der Waals surface area contributed by atoms with E-state index in [-0.39, 0.29) is 5.75 Å². The number of thiocarbonyl (C=S) groups is 1. The average molecular weight is 409 g/mol. The number of para-hydroxylation sites is 2. The van der Waals surface area contributed by atoms with E-state index in [2.05, 4.69) is 20.5 Å². The second kappa shape index (κ2) is 9.17. The van der Waals surface area contributed by atoms with Gasteiger partial charge in [0.25, 0.3) is 0 Å². The van der Waals surface area contributed by atoms with E-state index in [1.807, 2.05) is 0 Å². The SMILES string of the molecule is Cc1nn(CCCNC(=S)Nc2ccccc2OC(F)F)c(Cl)c1Cl. The quantitative estimate of drug-likeness (QED) is 0.522. The Hall–Kier alpha value is -1.64. The van der Waals surface area contributed by atoms with Crippen LogP contribution < -0.4 is 15.4 Å². The summed E-state index contributed by atoms with van der Waals surface area (Å²) in [6, 6.07) is 6.32. The fraction of sp³-hybridized carbons (Fsp3) is 0.333. The first kappa shape index (κ1) is 19.7. The van der Waals surface area contributed by atoms with Gasteiger partial charge in [-0.1, -0.05) is 35.3 Å². The van der Waals surface area contributed by atoms with Gasteiger partial charge in [0.05, 0.1) is 11.4 Å². The zero-order valence-corrected chi connectivity index (χ0v) is 15.6. The number of rotatable bonds is 7. The molecule has 10 heteroatoms. The zero-order chi connectivity index (χ0) is 18.4. The van der Waals surface area contributed by atoms with E-state index >= 15 is 0 Å². The highest BCUT2D eigenvalue weighted by Crippen LogP contribution is 2.26. The molecular weight excluding hydrogens is 393 g/mol. The van der Waals surface area contributed by atoms with Gasteiger partial charge in [0.2, 0.25) is 0 Å². The Bertz CT molecular complexity index is 742. The van der Waals surface area contributed by atoms with Crippen LogP contribution in [0.3, 0.4) is 0 Å². The lowest BCUT2D eigenvalue weighted by Gasteiger charge is -2.14. The molecule has 0 amide bonds. The Morgan fingerprint density at radius 1 is 1.36 bits per heavy atom. The first-order chi connectivity index (χ1) is 11.9. The Morgan fingerprint density at radius 3 is 2.72 bits per heavy atom. The lowest BCUT2D eigenvalue weighted by Crippen LogP contribution is -2.30. The third-order valence-electron chi connectivity index (χ3n) is 3.18. The Morgan fingerprint density at radius 2 is 2.08 bits per heavy atom. The van der Waals surface area contributed by atoms with E-state index in [4.69, 9.17) is 35.4 Å². The van der Waals surface area contributed by atoms with Gasteiger partial charge < -0.3 is 15.4 Å². The molecule has 0 atom stereocenters. The maximum atomic E-state index is 12.4. The molecule has 25 heavy (non-hydrogen) atoms. The van der Waals surface area contributed by atoms with Crippen molar-refractivity contribution in [2.24, 2.45) is 0 Å². The highest BCUT2D eigenvalue weighted by atomic mass is 35.5. The smallest absolute Gasteiger partial charge is 0.387 e. The van der Waals surface area contributed by atoms with Gasteiger partial charge in [0, 0.05) is 13.1 Å². The van der Waals surface area contributed by atoms with Crippen LogP contribution in [0.4, 0.5) is 14.5 Å². The van der Waals surface area contributed by atoms with Crippen molar-refractivity contribution >= 4 is 46.2 Å². The largest absolute Gasteiger partial charge is 0.433 e. The van der Waals surface area contributed by atoms with Gasteiger partial charge in [-0.3, -0.25) is 4.68 Å². The van der Waals surface area contributed by atoms with Crippen LogP contribution in [0.2, 0.25) is 10.2 Å². The van der Waals surface area contributed by atoms with Crippen molar-refractivity contribution in [3.63, 3.8) is 0 Å². The number of alkyl halides is 2. The molecule has 0 spiro atoms. The fourth-order valence-electron chi connectivity index (χ4n) is 2.05. The van der Waals surface area contributed by atoms with Gasteiger partial charge in [0.1, 0.15) is 15.9 Å². The molecule has 0 unspecified atom stereocenters. The summed E-state index contributed by atoms with van der Waals surface area (Å²) in [5.41, 5.74) is 1.03. The molecule has 0 fully saturated rings. The van der Waals surface area contributed by atoms with Gasteiger partial charge in [-0.2, -0.15) is 13.9 Å². The number of nitrogens with zero attached hydrogens (tertiary/aromatic N) is 2. The number of halogens is 4. The monoisotopic (exact) mass is 408 g/mol. The summed E-state index contributed by atoms with van der Waals surface area (Å²) in [4.78, 5) is 0. The third-order valence-corrected chi connectivity index (χ3v) is 4.36. The van der Waals surface area contributed by atoms with E-state index in [9.17, 15) is 8.78 Å². The number of anilines is 1. The fourth-order valence-corrected chi connectivity index (χ4v) is 2.65. The van der Waals surface area contributed by atoms with Crippen LogP contribution in [-0.2, 0) is 6.54 Å². The van der Waals surface area contributed by atoms with E-state index in [0.717, 1.165) is 0 Å². The van der Waals surface area contributed by atoms with Crippen LogP contribution in [-0.4, -0.2) is 28.0 Å². The number of hydrogen-bond acceptors (Lipinski definition) is 3. The number of ether oxygens (including phenoxy) is 1. The van der Waals surface area contributed by atoms with Crippen molar-refractivity contribution < 1.29 is 13.5 Å². The summed E-state index contributed by atoms with van der Waals surface area (Å²) in [6.45, 7) is -0.0246. The maximum Gasteiger partial charge on any atom is 0.387 e. The van der Waals surface area contributed by atoms with Crippen molar-refractivity contribution in [1.29, 1.82) is 0 Å². The first-order valence-electron chi connectivity index (χ1n) is 7.35. The number of aromatic nitrogens is 2.